The molecule has 0 spiro atoms. The van der Waals surface area contributed by atoms with Gasteiger partial charge in [-0.05, 0) is 48.2 Å². The van der Waals surface area contributed by atoms with Crippen LogP contribution in [0.4, 0.5) is 18.0 Å². The molecule has 130 valence electrons. The van der Waals surface area contributed by atoms with E-state index < -0.39 is 29.3 Å². The van der Waals surface area contributed by atoms with Crippen molar-refractivity contribution in [2.75, 3.05) is 6.61 Å². The van der Waals surface area contributed by atoms with Gasteiger partial charge in [-0.2, -0.15) is 13.2 Å². The number of pyridine rings is 1. The van der Waals surface area contributed by atoms with Gasteiger partial charge in [0.1, 0.15) is 5.56 Å². The van der Waals surface area contributed by atoms with Gasteiger partial charge in [-0.15, -0.1) is 0 Å². The van der Waals surface area contributed by atoms with E-state index in [-0.39, 0.29) is 17.0 Å². The van der Waals surface area contributed by atoms with Crippen molar-refractivity contribution in [1.29, 1.82) is 0 Å². The molecule has 1 aromatic heterocycles. The van der Waals surface area contributed by atoms with Crippen molar-refractivity contribution in [3.63, 3.8) is 0 Å². The maximum absolute atomic E-state index is 13.0. The summed E-state index contributed by atoms with van der Waals surface area (Å²) in [5, 5.41) is 11.1. The highest BCUT2D eigenvalue weighted by Gasteiger charge is 2.36. The standard InChI is InChI=1S/C14H18BrF3N2O3/c1-8(5-13(2,3)20-12(21)22)7-23-11-10(14(16,17)18)4-9(15)6-19-11/h4,6,8,20H,5,7H2,1-3H3,(H,21,22). The van der Waals surface area contributed by atoms with Crippen molar-refractivity contribution >= 4 is 22.0 Å². The lowest BCUT2D eigenvalue weighted by molar-refractivity contribution is -0.139. The first-order valence-electron chi connectivity index (χ1n) is 6.77. The van der Waals surface area contributed by atoms with E-state index in [1.807, 2.05) is 0 Å². The van der Waals surface area contributed by atoms with Crippen LogP contribution in [0.2, 0.25) is 0 Å². The number of rotatable bonds is 6. The minimum Gasteiger partial charge on any atom is -0.477 e. The topological polar surface area (TPSA) is 71.5 Å². The minimum absolute atomic E-state index is 0.0115. The van der Waals surface area contributed by atoms with E-state index in [0.717, 1.165) is 6.07 Å². The number of nitrogens with zero attached hydrogens (tertiary/aromatic N) is 1. The Hall–Kier alpha value is -1.51. The summed E-state index contributed by atoms with van der Waals surface area (Å²) in [6.45, 7) is 5.13. The number of nitrogens with one attached hydrogen (secondary N) is 1. The van der Waals surface area contributed by atoms with Crippen LogP contribution in [0.1, 0.15) is 32.8 Å². The largest absolute Gasteiger partial charge is 0.477 e. The minimum atomic E-state index is -4.57. The number of amides is 1. The molecule has 0 saturated heterocycles. The maximum Gasteiger partial charge on any atom is 0.421 e. The molecule has 0 aliphatic rings. The zero-order valence-corrected chi connectivity index (χ0v) is 14.5. The molecule has 0 bridgehead atoms. The molecule has 5 nitrogen and oxygen atoms in total. The second-order valence-electron chi connectivity index (χ2n) is 5.94. The lowest BCUT2D eigenvalue weighted by Gasteiger charge is -2.28. The normalized spacial score (nSPS) is 13.5. The molecular formula is C14H18BrF3N2O3. The summed E-state index contributed by atoms with van der Waals surface area (Å²) >= 11 is 2.95. The molecule has 1 unspecified atom stereocenters. The molecule has 1 rings (SSSR count). The number of alkyl halides is 3. The molecule has 0 aromatic carbocycles. The van der Waals surface area contributed by atoms with Crippen molar-refractivity contribution in [3.05, 3.63) is 22.3 Å². The van der Waals surface area contributed by atoms with Gasteiger partial charge in [0, 0.05) is 16.2 Å². The molecule has 23 heavy (non-hydrogen) atoms. The Kier molecular flexibility index (Phi) is 6.26. The van der Waals surface area contributed by atoms with Gasteiger partial charge in [0.25, 0.3) is 0 Å². The fourth-order valence-electron chi connectivity index (χ4n) is 2.24. The summed E-state index contributed by atoms with van der Waals surface area (Å²) in [5.74, 6) is -0.667. The molecule has 0 saturated carbocycles. The second kappa shape index (κ2) is 7.37. The van der Waals surface area contributed by atoms with Gasteiger partial charge in [0.05, 0.1) is 6.61 Å². The Bertz CT molecular complexity index is 565. The van der Waals surface area contributed by atoms with Gasteiger partial charge < -0.3 is 15.2 Å². The molecule has 1 aromatic rings. The monoisotopic (exact) mass is 398 g/mol. The molecule has 0 radical (unpaired) electrons. The Morgan fingerprint density at radius 1 is 1.48 bits per heavy atom. The first kappa shape index (κ1) is 19.5. The lowest BCUT2D eigenvalue weighted by atomic mass is 9.92. The van der Waals surface area contributed by atoms with Gasteiger partial charge in [-0.1, -0.05) is 6.92 Å². The van der Waals surface area contributed by atoms with Crippen LogP contribution in [-0.4, -0.2) is 28.3 Å². The van der Waals surface area contributed by atoms with Gasteiger partial charge in [0.15, 0.2) is 0 Å². The van der Waals surface area contributed by atoms with E-state index in [1.165, 1.54) is 6.20 Å². The summed E-state index contributed by atoms with van der Waals surface area (Å²) in [5.41, 5.74) is -1.67. The number of carboxylic acid groups (broad SMARTS) is 1. The van der Waals surface area contributed by atoms with Crippen molar-refractivity contribution in [2.24, 2.45) is 5.92 Å². The molecule has 1 amide bonds. The molecule has 0 aliphatic carbocycles. The van der Waals surface area contributed by atoms with Crippen LogP contribution in [0.5, 0.6) is 5.88 Å². The average Bonchev–Trinajstić information content (AvgIpc) is 2.33. The van der Waals surface area contributed by atoms with Crippen LogP contribution in [0.15, 0.2) is 16.7 Å². The smallest absolute Gasteiger partial charge is 0.421 e. The molecule has 1 heterocycles. The van der Waals surface area contributed by atoms with E-state index in [2.05, 4.69) is 26.2 Å². The van der Waals surface area contributed by atoms with E-state index in [4.69, 9.17) is 9.84 Å². The first-order valence-corrected chi connectivity index (χ1v) is 7.56. The molecule has 9 heteroatoms. The quantitative estimate of drug-likeness (QED) is 0.748. The highest BCUT2D eigenvalue weighted by Crippen LogP contribution is 2.36. The Balaban J connectivity index is 2.73. The second-order valence-corrected chi connectivity index (χ2v) is 6.85. The summed E-state index contributed by atoms with van der Waals surface area (Å²) in [4.78, 5) is 14.3. The third kappa shape index (κ3) is 6.64. The SMILES string of the molecule is CC(COc1ncc(Br)cc1C(F)(F)F)CC(C)(C)NC(=O)O. The van der Waals surface area contributed by atoms with Gasteiger partial charge in [0.2, 0.25) is 5.88 Å². The first-order chi connectivity index (χ1) is 10.4. The van der Waals surface area contributed by atoms with Crippen molar-refractivity contribution in [3.8, 4) is 5.88 Å². The zero-order valence-electron chi connectivity index (χ0n) is 12.9. The molecule has 1 atom stereocenters. The van der Waals surface area contributed by atoms with Gasteiger partial charge in [-0.25, -0.2) is 9.78 Å². The Labute approximate surface area is 140 Å². The third-order valence-corrected chi connectivity index (χ3v) is 3.37. The van der Waals surface area contributed by atoms with Gasteiger partial charge in [-0.3, -0.25) is 0 Å². The molecule has 2 N–H and O–H groups in total. The molecule has 0 aliphatic heterocycles. The molecule has 0 fully saturated rings. The molecular weight excluding hydrogens is 381 g/mol. The number of ether oxygens (including phenoxy) is 1. The average molecular weight is 399 g/mol. The number of carbonyl (C=O) groups is 1. The highest BCUT2D eigenvalue weighted by atomic mass is 79.9. The fraction of sp³-hybridized carbons (Fsp3) is 0.571. The summed E-state index contributed by atoms with van der Waals surface area (Å²) in [6, 6.07) is 0.906. The van der Waals surface area contributed by atoms with Crippen LogP contribution in [0.3, 0.4) is 0 Å². The van der Waals surface area contributed by atoms with Crippen LogP contribution in [-0.2, 0) is 6.18 Å². The van der Waals surface area contributed by atoms with E-state index >= 15 is 0 Å². The van der Waals surface area contributed by atoms with Gasteiger partial charge >= 0.3 is 12.3 Å². The van der Waals surface area contributed by atoms with Crippen LogP contribution >= 0.6 is 15.9 Å². The summed E-state index contributed by atoms with van der Waals surface area (Å²) in [7, 11) is 0. The Morgan fingerprint density at radius 2 is 2.09 bits per heavy atom. The van der Waals surface area contributed by atoms with Crippen LogP contribution < -0.4 is 10.1 Å². The van der Waals surface area contributed by atoms with Crippen LogP contribution in [0, 0.1) is 5.92 Å². The Morgan fingerprint density at radius 3 is 2.61 bits per heavy atom. The fourth-order valence-corrected chi connectivity index (χ4v) is 2.57. The zero-order chi connectivity index (χ0) is 17.8. The van der Waals surface area contributed by atoms with E-state index in [0.29, 0.717) is 6.42 Å². The van der Waals surface area contributed by atoms with E-state index in [1.54, 1.807) is 20.8 Å². The summed E-state index contributed by atoms with van der Waals surface area (Å²) in [6.07, 6.45) is -4.10. The summed E-state index contributed by atoms with van der Waals surface area (Å²) < 4.78 is 44.3. The van der Waals surface area contributed by atoms with E-state index in [9.17, 15) is 18.0 Å². The third-order valence-electron chi connectivity index (χ3n) is 2.93. The predicted molar refractivity (Wildman–Crippen MR) is 81.5 cm³/mol. The number of hydrogen-bond acceptors (Lipinski definition) is 3. The van der Waals surface area contributed by atoms with Crippen LogP contribution in [0.25, 0.3) is 0 Å². The predicted octanol–water partition coefficient (Wildman–Crippen LogP) is 4.31. The number of halogens is 4. The lowest BCUT2D eigenvalue weighted by Crippen LogP contribution is -2.44. The number of aromatic nitrogens is 1. The number of hydrogen-bond donors (Lipinski definition) is 2. The van der Waals surface area contributed by atoms with Crippen molar-refractivity contribution in [1.82, 2.24) is 10.3 Å². The highest BCUT2D eigenvalue weighted by molar-refractivity contribution is 9.10. The van der Waals surface area contributed by atoms with Crippen molar-refractivity contribution < 1.29 is 27.8 Å². The van der Waals surface area contributed by atoms with Crippen molar-refractivity contribution in [2.45, 2.75) is 38.9 Å². The maximum atomic E-state index is 13.0.